The third-order valence-electron chi connectivity index (χ3n) is 3.48. The molecule has 1 aromatic carbocycles. The van der Waals surface area contributed by atoms with E-state index in [4.69, 9.17) is 0 Å². The van der Waals surface area contributed by atoms with Gasteiger partial charge >= 0.3 is 12.7 Å². The first-order chi connectivity index (χ1) is 11.4. The van der Waals surface area contributed by atoms with Crippen LogP contribution in [0.25, 0.3) is 0 Å². The summed E-state index contributed by atoms with van der Waals surface area (Å²) >= 11 is 0. The van der Waals surface area contributed by atoms with Crippen LogP contribution in [0.3, 0.4) is 0 Å². The number of nitrogens with zero attached hydrogens (tertiary/aromatic N) is 1. The Morgan fingerprint density at radius 3 is 1.80 bits per heavy atom. The second-order valence-corrected chi connectivity index (χ2v) is 5.35. The molecule has 0 saturated carbocycles. The normalized spacial score (nSPS) is 18.3. The van der Waals surface area contributed by atoms with E-state index in [1.54, 1.807) is 0 Å². The standard InChI is InChI=1S/C9H4F6O3.C6H13N/c10-8(11,12)17-6-2-1-3-7(5(6)4-16)18-9(13,14)15;1-6-4-3-5-7(6)2/h1-4H;6H,3-5H2,1-2H3. The zero-order chi connectivity index (χ0) is 19.3. The lowest BCUT2D eigenvalue weighted by molar-refractivity contribution is -0.276. The summed E-state index contributed by atoms with van der Waals surface area (Å²) in [6, 6.07) is 3.07. The summed E-state index contributed by atoms with van der Waals surface area (Å²) < 4.78 is 78.4. The van der Waals surface area contributed by atoms with E-state index in [0.717, 1.165) is 12.1 Å². The van der Waals surface area contributed by atoms with Crippen LogP contribution in [0.2, 0.25) is 0 Å². The van der Waals surface area contributed by atoms with Crippen molar-refractivity contribution in [1.82, 2.24) is 4.90 Å². The molecule has 1 fully saturated rings. The lowest BCUT2D eigenvalue weighted by Crippen LogP contribution is -2.20. The molecule has 4 nitrogen and oxygen atoms in total. The van der Waals surface area contributed by atoms with Crippen LogP contribution in [-0.4, -0.2) is 43.5 Å². The fraction of sp³-hybridized carbons (Fsp3) is 0.533. The van der Waals surface area contributed by atoms with Gasteiger partial charge < -0.3 is 14.4 Å². The summed E-state index contributed by atoms with van der Waals surface area (Å²) in [7, 11) is 2.19. The Labute approximate surface area is 140 Å². The van der Waals surface area contributed by atoms with Crippen LogP contribution in [0, 0.1) is 0 Å². The van der Waals surface area contributed by atoms with Gasteiger partial charge in [0, 0.05) is 6.04 Å². The molecule has 1 aliphatic heterocycles. The Balaban J connectivity index is 0.000000370. The summed E-state index contributed by atoms with van der Waals surface area (Å²) in [6.45, 7) is 3.59. The van der Waals surface area contributed by atoms with Crippen molar-refractivity contribution in [3.63, 3.8) is 0 Å². The van der Waals surface area contributed by atoms with Crippen LogP contribution in [0.5, 0.6) is 11.5 Å². The minimum absolute atomic E-state index is 0.220. The van der Waals surface area contributed by atoms with Crippen LogP contribution < -0.4 is 9.47 Å². The van der Waals surface area contributed by atoms with Crippen LogP contribution in [-0.2, 0) is 0 Å². The molecule has 1 heterocycles. The molecular formula is C15H17F6NO3. The molecule has 2 rings (SSSR count). The highest BCUT2D eigenvalue weighted by Crippen LogP contribution is 2.33. The van der Waals surface area contributed by atoms with Crippen LogP contribution in [0.15, 0.2) is 18.2 Å². The predicted molar refractivity (Wildman–Crippen MR) is 76.5 cm³/mol. The SMILES string of the molecule is CC1CCCN1C.O=Cc1c(OC(F)(F)F)cccc1OC(F)(F)F. The van der Waals surface area contributed by atoms with Crippen molar-refractivity contribution in [2.75, 3.05) is 13.6 Å². The van der Waals surface area contributed by atoms with E-state index < -0.39 is 29.8 Å². The Kier molecular flexibility index (Phi) is 7.09. The maximum atomic E-state index is 11.9. The first-order valence-corrected chi connectivity index (χ1v) is 7.23. The van der Waals surface area contributed by atoms with Crippen molar-refractivity contribution in [1.29, 1.82) is 0 Å². The van der Waals surface area contributed by atoms with Gasteiger partial charge in [0.05, 0.1) is 5.56 Å². The number of alkyl halides is 6. The number of hydrogen-bond acceptors (Lipinski definition) is 4. The molecule has 0 spiro atoms. The third kappa shape index (κ3) is 7.63. The second-order valence-electron chi connectivity index (χ2n) is 5.35. The average molecular weight is 373 g/mol. The largest absolute Gasteiger partial charge is 0.573 e. The number of aldehydes is 1. The molecule has 1 unspecified atom stereocenters. The molecule has 10 heteroatoms. The van der Waals surface area contributed by atoms with Gasteiger partial charge in [-0.3, -0.25) is 4.79 Å². The highest BCUT2D eigenvalue weighted by Gasteiger charge is 2.35. The maximum Gasteiger partial charge on any atom is 0.573 e. The number of hydrogen-bond donors (Lipinski definition) is 0. The third-order valence-corrected chi connectivity index (χ3v) is 3.48. The molecule has 1 saturated heterocycles. The first kappa shape index (κ1) is 21.1. The molecule has 0 bridgehead atoms. The number of likely N-dealkylation sites (tertiary alicyclic amines) is 1. The maximum absolute atomic E-state index is 11.9. The van der Waals surface area contributed by atoms with Crippen molar-refractivity contribution in [2.45, 2.75) is 38.5 Å². The molecule has 25 heavy (non-hydrogen) atoms. The van der Waals surface area contributed by atoms with Gasteiger partial charge in [-0.15, -0.1) is 26.3 Å². The summed E-state index contributed by atoms with van der Waals surface area (Å²) in [6.07, 6.45) is -7.68. The number of ether oxygens (including phenoxy) is 2. The summed E-state index contributed by atoms with van der Waals surface area (Å²) in [5, 5.41) is 0. The highest BCUT2D eigenvalue weighted by atomic mass is 19.4. The van der Waals surface area contributed by atoms with E-state index in [0.29, 0.717) is 12.1 Å². The highest BCUT2D eigenvalue weighted by molar-refractivity contribution is 5.83. The second kappa shape index (κ2) is 8.41. The van der Waals surface area contributed by atoms with Crippen LogP contribution in [0.1, 0.15) is 30.1 Å². The molecule has 142 valence electrons. The van der Waals surface area contributed by atoms with E-state index in [1.165, 1.54) is 19.4 Å². The molecule has 0 aliphatic carbocycles. The summed E-state index contributed by atoms with van der Waals surface area (Å²) in [5.41, 5.74) is -0.979. The van der Waals surface area contributed by atoms with E-state index in [1.807, 2.05) is 0 Å². The first-order valence-electron chi connectivity index (χ1n) is 7.23. The Morgan fingerprint density at radius 1 is 1.08 bits per heavy atom. The molecule has 1 atom stereocenters. The van der Waals surface area contributed by atoms with Gasteiger partial charge in [0.2, 0.25) is 0 Å². The van der Waals surface area contributed by atoms with Gasteiger partial charge in [-0.1, -0.05) is 6.07 Å². The monoisotopic (exact) mass is 373 g/mol. The molecule has 0 aromatic heterocycles. The number of carbonyl (C=O) groups is 1. The molecule has 0 amide bonds. The summed E-state index contributed by atoms with van der Waals surface area (Å²) in [4.78, 5) is 12.9. The Bertz CT molecular complexity index is 531. The van der Waals surface area contributed by atoms with E-state index >= 15 is 0 Å². The minimum Gasteiger partial charge on any atom is -0.405 e. The summed E-state index contributed by atoms with van der Waals surface area (Å²) in [5.74, 6) is -2.14. The van der Waals surface area contributed by atoms with Crippen molar-refractivity contribution in [3.05, 3.63) is 23.8 Å². The van der Waals surface area contributed by atoms with Crippen molar-refractivity contribution < 1.29 is 40.6 Å². The van der Waals surface area contributed by atoms with Crippen LogP contribution in [0.4, 0.5) is 26.3 Å². The van der Waals surface area contributed by atoms with E-state index in [-0.39, 0.29) is 6.29 Å². The van der Waals surface area contributed by atoms with Crippen molar-refractivity contribution >= 4 is 6.29 Å². The zero-order valence-electron chi connectivity index (χ0n) is 13.4. The predicted octanol–water partition coefficient (Wildman–Crippen LogP) is 4.40. The van der Waals surface area contributed by atoms with Gasteiger partial charge in [0.25, 0.3) is 0 Å². The topological polar surface area (TPSA) is 38.8 Å². The number of rotatable bonds is 3. The minimum atomic E-state index is -5.13. The van der Waals surface area contributed by atoms with Gasteiger partial charge in [-0.05, 0) is 45.5 Å². The zero-order valence-corrected chi connectivity index (χ0v) is 13.4. The van der Waals surface area contributed by atoms with E-state index in [2.05, 4.69) is 28.3 Å². The smallest absolute Gasteiger partial charge is 0.405 e. The molecule has 0 N–H and O–H groups in total. The van der Waals surface area contributed by atoms with Gasteiger partial charge in [0.15, 0.2) is 6.29 Å². The fourth-order valence-corrected chi connectivity index (χ4v) is 2.14. The quantitative estimate of drug-likeness (QED) is 0.582. The van der Waals surface area contributed by atoms with Crippen LogP contribution >= 0.6 is 0 Å². The molecule has 1 aromatic rings. The Hall–Kier alpha value is -1.97. The molecular weight excluding hydrogens is 356 g/mol. The molecule has 0 radical (unpaired) electrons. The number of halogens is 6. The van der Waals surface area contributed by atoms with Crippen molar-refractivity contribution in [3.8, 4) is 11.5 Å². The van der Waals surface area contributed by atoms with Crippen molar-refractivity contribution in [2.24, 2.45) is 0 Å². The fourth-order valence-electron chi connectivity index (χ4n) is 2.14. The lowest BCUT2D eigenvalue weighted by atomic mass is 10.2. The van der Waals surface area contributed by atoms with Gasteiger partial charge in [-0.25, -0.2) is 0 Å². The Morgan fingerprint density at radius 2 is 1.56 bits per heavy atom. The number of carbonyl (C=O) groups excluding carboxylic acids is 1. The van der Waals surface area contributed by atoms with Gasteiger partial charge in [-0.2, -0.15) is 0 Å². The lowest BCUT2D eigenvalue weighted by Gasteiger charge is -2.14. The number of benzene rings is 1. The average Bonchev–Trinajstić information content (AvgIpc) is 2.80. The van der Waals surface area contributed by atoms with Gasteiger partial charge in [0.1, 0.15) is 11.5 Å². The molecule has 1 aliphatic rings. The van der Waals surface area contributed by atoms with E-state index in [9.17, 15) is 31.1 Å².